The van der Waals surface area contributed by atoms with E-state index in [2.05, 4.69) is 36.5 Å². The highest BCUT2D eigenvalue weighted by Crippen LogP contribution is 2.30. The van der Waals surface area contributed by atoms with Crippen molar-refractivity contribution in [2.24, 2.45) is 0 Å². The summed E-state index contributed by atoms with van der Waals surface area (Å²) in [7, 11) is 0. The van der Waals surface area contributed by atoms with Gasteiger partial charge in [-0.1, -0.05) is 17.7 Å². The van der Waals surface area contributed by atoms with Gasteiger partial charge in [0.05, 0.1) is 6.54 Å². The molecule has 0 spiro atoms. The zero-order chi connectivity index (χ0) is 17.1. The number of aryl methyl sites for hydroxylation is 1. The molecule has 128 valence electrons. The summed E-state index contributed by atoms with van der Waals surface area (Å²) in [6, 6.07) is 7.97. The Balaban J connectivity index is 1.48. The number of imide groups is 1. The first kappa shape index (κ1) is 16.8. The van der Waals surface area contributed by atoms with E-state index >= 15 is 0 Å². The second-order valence-electron chi connectivity index (χ2n) is 6.15. The molecule has 0 atom stereocenters. The van der Waals surface area contributed by atoms with Crippen LogP contribution in [0, 0.1) is 6.92 Å². The fraction of sp³-hybridized carbons (Fsp3) is 0.471. The van der Waals surface area contributed by atoms with Crippen LogP contribution >= 0.6 is 11.8 Å². The van der Waals surface area contributed by atoms with Crippen molar-refractivity contribution in [1.29, 1.82) is 0 Å². The van der Waals surface area contributed by atoms with Crippen molar-refractivity contribution in [2.45, 2.75) is 29.9 Å². The Bertz CT molecular complexity index is 640. The lowest BCUT2D eigenvalue weighted by Gasteiger charge is -2.32. The molecule has 0 aliphatic carbocycles. The minimum atomic E-state index is -0.474. The molecule has 1 aromatic carbocycles. The Morgan fingerprint density at radius 3 is 2.67 bits per heavy atom. The lowest BCUT2D eigenvalue weighted by Crippen LogP contribution is -2.46. The molecule has 2 saturated heterocycles. The molecule has 2 aliphatic heterocycles. The molecule has 4 amide bonds. The zero-order valence-corrected chi connectivity index (χ0v) is 14.5. The maximum atomic E-state index is 12.3. The van der Waals surface area contributed by atoms with Crippen LogP contribution in [0.25, 0.3) is 0 Å². The fourth-order valence-electron chi connectivity index (χ4n) is 2.95. The predicted molar refractivity (Wildman–Crippen MR) is 91.7 cm³/mol. The number of nitrogens with one attached hydrogen (secondary N) is 1. The summed E-state index contributed by atoms with van der Waals surface area (Å²) in [6.45, 7) is 3.26. The molecule has 7 heteroatoms. The SMILES string of the molecule is Cc1cccc(SC2CCN(C(=O)CN3C(=O)CNC3=O)CC2)c1. The van der Waals surface area contributed by atoms with Gasteiger partial charge in [-0.15, -0.1) is 11.8 Å². The number of rotatable bonds is 4. The average Bonchev–Trinajstić information content (AvgIpc) is 2.87. The van der Waals surface area contributed by atoms with Crippen LogP contribution in [0.3, 0.4) is 0 Å². The third-order valence-corrected chi connectivity index (χ3v) is 5.65. The van der Waals surface area contributed by atoms with E-state index in [-0.39, 0.29) is 24.9 Å². The Labute approximate surface area is 145 Å². The van der Waals surface area contributed by atoms with Crippen LogP contribution in [0.1, 0.15) is 18.4 Å². The molecular formula is C17H21N3O3S. The van der Waals surface area contributed by atoms with E-state index in [9.17, 15) is 14.4 Å². The molecule has 24 heavy (non-hydrogen) atoms. The van der Waals surface area contributed by atoms with Crippen LogP contribution in [-0.4, -0.2) is 59.1 Å². The van der Waals surface area contributed by atoms with Crippen molar-refractivity contribution in [2.75, 3.05) is 26.2 Å². The van der Waals surface area contributed by atoms with Gasteiger partial charge in [0, 0.05) is 23.2 Å². The molecule has 0 unspecified atom stereocenters. The number of thioether (sulfide) groups is 1. The Hall–Kier alpha value is -2.02. The summed E-state index contributed by atoms with van der Waals surface area (Å²) < 4.78 is 0. The van der Waals surface area contributed by atoms with Gasteiger partial charge in [0.15, 0.2) is 0 Å². The minimum Gasteiger partial charge on any atom is -0.341 e. The zero-order valence-electron chi connectivity index (χ0n) is 13.7. The first-order valence-electron chi connectivity index (χ1n) is 8.12. The van der Waals surface area contributed by atoms with Gasteiger partial charge in [0.25, 0.3) is 5.91 Å². The first-order chi connectivity index (χ1) is 11.5. The monoisotopic (exact) mass is 347 g/mol. The smallest absolute Gasteiger partial charge is 0.325 e. The number of piperidine rings is 1. The van der Waals surface area contributed by atoms with Gasteiger partial charge < -0.3 is 10.2 Å². The molecular weight excluding hydrogens is 326 g/mol. The van der Waals surface area contributed by atoms with E-state index in [1.165, 1.54) is 10.5 Å². The molecule has 2 aliphatic rings. The normalized spacial score (nSPS) is 18.9. The molecule has 6 nitrogen and oxygen atoms in total. The summed E-state index contributed by atoms with van der Waals surface area (Å²) in [5, 5.41) is 2.92. The molecule has 3 rings (SSSR count). The van der Waals surface area contributed by atoms with Crippen LogP contribution in [0.15, 0.2) is 29.2 Å². The van der Waals surface area contributed by atoms with Gasteiger partial charge in [-0.3, -0.25) is 14.5 Å². The molecule has 1 N–H and O–H groups in total. The van der Waals surface area contributed by atoms with Crippen molar-refractivity contribution in [3.05, 3.63) is 29.8 Å². The van der Waals surface area contributed by atoms with E-state index < -0.39 is 6.03 Å². The lowest BCUT2D eigenvalue weighted by molar-refractivity contribution is -0.137. The van der Waals surface area contributed by atoms with Gasteiger partial charge in [-0.05, 0) is 31.9 Å². The predicted octanol–water partition coefficient (Wildman–Crippen LogP) is 1.63. The number of urea groups is 1. The molecule has 0 saturated carbocycles. The second kappa shape index (κ2) is 7.25. The Morgan fingerprint density at radius 1 is 1.29 bits per heavy atom. The van der Waals surface area contributed by atoms with Gasteiger partial charge in [-0.25, -0.2) is 4.79 Å². The quantitative estimate of drug-likeness (QED) is 0.841. The Morgan fingerprint density at radius 2 is 2.04 bits per heavy atom. The highest BCUT2D eigenvalue weighted by atomic mass is 32.2. The number of hydrogen-bond acceptors (Lipinski definition) is 4. The number of hydrogen-bond donors (Lipinski definition) is 1. The van der Waals surface area contributed by atoms with E-state index in [0.29, 0.717) is 18.3 Å². The van der Waals surface area contributed by atoms with Crippen LogP contribution in [0.4, 0.5) is 4.79 Å². The molecule has 0 radical (unpaired) electrons. The van der Waals surface area contributed by atoms with Crippen molar-refractivity contribution < 1.29 is 14.4 Å². The van der Waals surface area contributed by atoms with E-state index in [1.54, 1.807) is 4.90 Å². The van der Waals surface area contributed by atoms with Crippen LogP contribution in [0.5, 0.6) is 0 Å². The maximum Gasteiger partial charge on any atom is 0.325 e. The number of likely N-dealkylation sites (tertiary alicyclic amines) is 1. The van der Waals surface area contributed by atoms with Crippen molar-refractivity contribution in [3.63, 3.8) is 0 Å². The summed E-state index contributed by atoms with van der Waals surface area (Å²) in [5.41, 5.74) is 1.25. The minimum absolute atomic E-state index is 0.0126. The number of carbonyl (C=O) groups excluding carboxylic acids is 3. The van der Waals surface area contributed by atoms with Crippen LogP contribution in [-0.2, 0) is 9.59 Å². The summed E-state index contributed by atoms with van der Waals surface area (Å²) in [4.78, 5) is 39.4. The topological polar surface area (TPSA) is 69.7 Å². The van der Waals surface area contributed by atoms with E-state index in [0.717, 1.165) is 17.7 Å². The highest BCUT2D eigenvalue weighted by Gasteiger charge is 2.32. The molecule has 1 aromatic rings. The van der Waals surface area contributed by atoms with Gasteiger partial charge in [-0.2, -0.15) is 0 Å². The van der Waals surface area contributed by atoms with E-state index in [4.69, 9.17) is 0 Å². The van der Waals surface area contributed by atoms with Crippen LogP contribution in [0.2, 0.25) is 0 Å². The fourth-order valence-corrected chi connectivity index (χ4v) is 4.20. The number of amides is 4. The Kier molecular flexibility index (Phi) is 5.08. The third-order valence-electron chi connectivity index (χ3n) is 4.32. The standard InChI is InChI=1S/C17H21N3O3S/c1-12-3-2-4-14(9-12)24-13-5-7-19(8-6-13)16(22)11-20-15(21)10-18-17(20)23/h2-4,9,13H,5-8,10-11H2,1H3,(H,18,23). The summed E-state index contributed by atoms with van der Waals surface area (Å²) in [5.74, 6) is -0.488. The largest absolute Gasteiger partial charge is 0.341 e. The summed E-state index contributed by atoms with van der Waals surface area (Å²) in [6.07, 6.45) is 1.84. The lowest BCUT2D eigenvalue weighted by atomic mass is 10.1. The molecule has 0 aromatic heterocycles. The highest BCUT2D eigenvalue weighted by molar-refractivity contribution is 8.00. The van der Waals surface area contributed by atoms with Crippen molar-refractivity contribution >= 4 is 29.6 Å². The average molecular weight is 347 g/mol. The van der Waals surface area contributed by atoms with Crippen molar-refractivity contribution in [1.82, 2.24) is 15.1 Å². The van der Waals surface area contributed by atoms with Crippen molar-refractivity contribution in [3.8, 4) is 0 Å². The molecule has 2 heterocycles. The van der Waals surface area contributed by atoms with E-state index in [1.807, 2.05) is 11.8 Å². The third kappa shape index (κ3) is 3.90. The van der Waals surface area contributed by atoms with Crippen LogP contribution < -0.4 is 5.32 Å². The second-order valence-corrected chi connectivity index (χ2v) is 7.53. The first-order valence-corrected chi connectivity index (χ1v) is 9.00. The number of carbonyl (C=O) groups is 3. The summed E-state index contributed by atoms with van der Waals surface area (Å²) >= 11 is 1.86. The maximum absolute atomic E-state index is 12.3. The van der Waals surface area contributed by atoms with Gasteiger partial charge in [0.1, 0.15) is 6.54 Å². The van der Waals surface area contributed by atoms with Gasteiger partial charge in [0.2, 0.25) is 5.91 Å². The number of nitrogens with zero attached hydrogens (tertiary/aromatic N) is 2. The molecule has 0 bridgehead atoms. The van der Waals surface area contributed by atoms with Gasteiger partial charge >= 0.3 is 6.03 Å². The molecule has 2 fully saturated rings. The number of benzene rings is 1.